The van der Waals surface area contributed by atoms with Gasteiger partial charge in [0, 0.05) is 24.8 Å². The monoisotopic (exact) mass is 470 g/mol. The third kappa shape index (κ3) is 4.28. The molecule has 1 aromatic carbocycles. The fraction of sp³-hybridized carbons (Fsp3) is 0.261. The van der Waals surface area contributed by atoms with Gasteiger partial charge < -0.3 is 15.1 Å². The number of aromatic nitrogens is 4. The van der Waals surface area contributed by atoms with Gasteiger partial charge in [0.25, 0.3) is 5.91 Å². The molecule has 11 heteroatoms. The maximum absolute atomic E-state index is 13.8. The van der Waals surface area contributed by atoms with Gasteiger partial charge in [0.2, 0.25) is 0 Å². The molecule has 0 spiro atoms. The maximum Gasteiger partial charge on any atom is 0.410 e. The van der Waals surface area contributed by atoms with Gasteiger partial charge in [0.05, 0.1) is 18.8 Å². The summed E-state index contributed by atoms with van der Waals surface area (Å²) in [4.78, 5) is 12.8. The summed E-state index contributed by atoms with van der Waals surface area (Å²) in [7, 11) is 0. The van der Waals surface area contributed by atoms with Crippen molar-refractivity contribution in [3.8, 4) is 0 Å². The molecule has 34 heavy (non-hydrogen) atoms. The molecule has 1 aliphatic rings. The van der Waals surface area contributed by atoms with Crippen LogP contribution in [-0.2, 0) is 6.54 Å². The second-order valence-corrected chi connectivity index (χ2v) is 8.14. The van der Waals surface area contributed by atoms with Crippen LogP contribution in [0.2, 0.25) is 0 Å². The number of amides is 1. The van der Waals surface area contributed by atoms with Crippen LogP contribution >= 0.6 is 0 Å². The summed E-state index contributed by atoms with van der Waals surface area (Å²) in [6, 6.07) is 11.4. The Kier molecular flexibility index (Phi) is 5.39. The molecule has 2 unspecified atom stereocenters. The van der Waals surface area contributed by atoms with E-state index in [1.165, 1.54) is 12.3 Å². The molecule has 4 aromatic rings. The van der Waals surface area contributed by atoms with E-state index in [1.54, 1.807) is 29.1 Å². The van der Waals surface area contributed by atoms with Crippen molar-refractivity contribution in [2.24, 2.45) is 0 Å². The first-order chi connectivity index (χ1) is 16.3. The maximum atomic E-state index is 13.8. The van der Waals surface area contributed by atoms with E-state index < -0.39 is 24.2 Å². The van der Waals surface area contributed by atoms with Gasteiger partial charge in [-0.3, -0.25) is 9.48 Å². The number of carbonyl (C=O) groups excluding carboxylic acids is 1. The van der Waals surface area contributed by atoms with Crippen LogP contribution in [0.15, 0.2) is 65.4 Å². The van der Waals surface area contributed by atoms with E-state index in [2.05, 4.69) is 20.8 Å². The Morgan fingerprint density at radius 1 is 1.21 bits per heavy atom. The number of nitrogens with one attached hydrogen (secondary N) is 2. The molecule has 2 N–H and O–H groups in total. The summed E-state index contributed by atoms with van der Waals surface area (Å²) < 4.78 is 49.1. The van der Waals surface area contributed by atoms with Crippen LogP contribution in [0.3, 0.4) is 0 Å². The number of anilines is 2. The molecule has 8 nitrogen and oxygen atoms in total. The molecule has 176 valence electrons. The Labute approximate surface area is 192 Å². The molecule has 5 rings (SSSR count). The Morgan fingerprint density at radius 2 is 2.03 bits per heavy atom. The van der Waals surface area contributed by atoms with Crippen molar-refractivity contribution in [1.82, 2.24) is 19.6 Å². The molecule has 1 amide bonds. The predicted molar refractivity (Wildman–Crippen MR) is 117 cm³/mol. The topological polar surface area (TPSA) is 89.9 Å². The minimum atomic E-state index is -4.55. The Morgan fingerprint density at radius 3 is 2.76 bits per heavy atom. The summed E-state index contributed by atoms with van der Waals surface area (Å²) in [6.45, 7) is 2.52. The molecule has 0 radical (unpaired) electrons. The number of carbonyl (C=O) groups is 1. The number of benzene rings is 1. The summed E-state index contributed by atoms with van der Waals surface area (Å²) >= 11 is 0. The quantitative estimate of drug-likeness (QED) is 0.431. The average molecular weight is 470 g/mol. The van der Waals surface area contributed by atoms with Crippen molar-refractivity contribution in [1.29, 1.82) is 0 Å². The van der Waals surface area contributed by atoms with Crippen molar-refractivity contribution in [3.05, 3.63) is 83.6 Å². The second kappa shape index (κ2) is 8.40. The van der Waals surface area contributed by atoms with Gasteiger partial charge in [-0.05, 0) is 30.2 Å². The van der Waals surface area contributed by atoms with Crippen molar-refractivity contribution in [2.75, 3.05) is 10.6 Å². The molecular formula is C23H21F3N6O2. The molecule has 2 atom stereocenters. The van der Waals surface area contributed by atoms with Crippen LogP contribution in [0, 0.1) is 6.92 Å². The molecular weight excluding hydrogens is 449 g/mol. The fourth-order valence-corrected chi connectivity index (χ4v) is 4.02. The zero-order valence-corrected chi connectivity index (χ0v) is 18.1. The number of halogens is 3. The minimum Gasteiger partial charge on any atom is -0.467 e. The Bertz CT molecular complexity index is 1310. The highest BCUT2D eigenvalue weighted by molar-refractivity contribution is 6.02. The van der Waals surface area contributed by atoms with Crippen molar-refractivity contribution in [2.45, 2.75) is 38.1 Å². The number of rotatable bonds is 5. The number of aryl methyl sites for hydroxylation is 1. The van der Waals surface area contributed by atoms with E-state index in [9.17, 15) is 18.0 Å². The lowest BCUT2D eigenvalue weighted by Gasteiger charge is -2.32. The third-order valence-corrected chi connectivity index (χ3v) is 5.78. The van der Waals surface area contributed by atoms with Crippen LogP contribution in [-0.4, -0.2) is 31.6 Å². The SMILES string of the molecule is Cc1ccccc1Cn1ccc(NC(=O)c2cc3n(n2)C(C(F)(F)F)CC(c2ccco2)N3)n1. The van der Waals surface area contributed by atoms with Crippen LogP contribution in [0.5, 0.6) is 0 Å². The smallest absolute Gasteiger partial charge is 0.410 e. The van der Waals surface area contributed by atoms with Crippen LogP contribution in [0.4, 0.5) is 24.8 Å². The first kappa shape index (κ1) is 21.8. The van der Waals surface area contributed by atoms with E-state index in [0.717, 1.165) is 15.8 Å². The van der Waals surface area contributed by atoms with Gasteiger partial charge >= 0.3 is 6.18 Å². The second-order valence-electron chi connectivity index (χ2n) is 8.14. The molecule has 0 aliphatic carbocycles. The largest absolute Gasteiger partial charge is 0.467 e. The number of hydrogen-bond acceptors (Lipinski definition) is 5. The van der Waals surface area contributed by atoms with Gasteiger partial charge in [0.15, 0.2) is 17.6 Å². The lowest BCUT2D eigenvalue weighted by molar-refractivity contribution is -0.174. The summed E-state index contributed by atoms with van der Waals surface area (Å²) in [5.74, 6) is 0.0933. The highest BCUT2D eigenvalue weighted by atomic mass is 19.4. The number of furan rings is 1. The van der Waals surface area contributed by atoms with E-state index in [4.69, 9.17) is 4.42 Å². The van der Waals surface area contributed by atoms with Crippen molar-refractivity contribution >= 4 is 17.5 Å². The molecule has 4 heterocycles. The zero-order valence-electron chi connectivity index (χ0n) is 18.1. The summed E-state index contributed by atoms with van der Waals surface area (Å²) in [5, 5.41) is 13.9. The van der Waals surface area contributed by atoms with Gasteiger partial charge in [-0.15, -0.1) is 0 Å². The number of alkyl halides is 3. The first-order valence-corrected chi connectivity index (χ1v) is 10.6. The third-order valence-electron chi connectivity index (χ3n) is 5.78. The number of nitrogens with zero attached hydrogens (tertiary/aromatic N) is 4. The van der Waals surface area contributed by atoms with E-state index >= 15 is 0 Å². The standard InChI is InChI=1S/C23H21F3N6O2/c1-14-5-2-3-6-15(14)13-31-9-8-20(30-31)28-22(33)17-12-21-27-16(18-7-4-10-34-18)11-19(23(24,25)26)32(21)29-17/h2-10,12,16,19,27H,11,13H2,1H3,(H,28,30,33). The van der Waals surface area contributed by atoms with Crippen molar-refractivity contribution < 1.29 is 22.4 Å². The van der Waals surface area contributed by atoms with E-state index in [1.807, 2.05) is 31.2 Å². The molecule has 0 saturated heterocycles. The van der Waals surface area contributed by atoms with E-state index in [0.29, 0.717) is 12.3 Å². The molecule has 1 aliphatic heterocycles. The fourth-order valence-electron chi connectivity index (χ4n) is 4.02. The molecule has 3 aromatic heterocycles. The highest BCUT2D eigenvalue weighted by Gasteiger charge is 2.47. The molecule has 0 bridgehead atoms. The highest BCUT2D eigenvalue weighted by Crippen LogP contribution is 2.43. The van der Waals surface area contributed by atoms with Gasteiger partial charge in [-0.25, -0.2) is 4.68 Å². The zero-order chi connectivity index (χ0) is 23.9. The lowest BCUT2D eigenvalue weighted by Crippen LogP contribution is -2.35. The Hall–Kier alpha value is -4.02. The molecule has 0 fully saturated rings. The number of fused-ring (bicyclic) bond motifs is 1. The first-order valence-electron chi connectivity index (χ1n) is 10.6. The predicted octanol–water partition coefficient (Wildman–Crippen LogP) is 4.94. The number of hydrogen-bond donors (Lipinski definition) is 2. The van der Waals surface area contributed by atoms with E-state index in [-0.39, 0.29) is 23.8 Å². The van der Waals surface area contributed by atoms with Gasteiger partial charge in [-0.2, -0.15) is 23.4 Å². The normalized spacial score (nSPS) is 17.8. The van der Waals surface area contributed by atoms with Gasteiger partial charge in [-0.1, -0.05) is 24.3 Å². The molecule has 0 saturated carbocycles. The average Bonchev–Trinajstić information content (AvgIpc) is 3.54. The Balaban J connectivity index is 1.34. The van der Waals surface area contributed by atoms with Crippen molar-refractivity contribution in [3.63, 3.8) is 0 Å². The van der Waals surface area contributed by atoms with Crippen LogP contribution in [0.25, 0.3) is 0 Å². The van der Waals surface area contributed by atoms with Gasteiger partial charge in [0.1, 0.15) is 11.6 Å². The van der Waals surface area contributed by atoms with Crippen LogP contribution < -0.4 is 10.6 Å². The van der Waals surface area contributed by atoms with Crippen LogP contribution in [0.1, 0.15) is 45.9 Å². The summed E-state index contributed by atoms with van der Waals surface area (Å²) in [5.41, 5.74) is 2.05. The summed E-state index contributed by atoms with van der Waals surface area (Å²) in [6.07, 6.45) is -1.73. The minimum absolute atomic E-state index is 0.0882. The lowest BCUT2D eigenvalue weighted by atomic mass is 10.0.